The third-order valence-electron chi connectivity index (χ3n) is 4.80. The van der Waals surface area contributed by atoms with Crippen molar-refractivity contribution in [2.75, 3.05) is 6.61 Å². The predicted octanol–water partition coefficient (Wildman–Crippen LogP) is 6.05. The van der Waals surface area contributed by atoms with E-state index in [1.54, 1.807) is 0 Å². The minimum atomic E-state index is -1.34. The highest BCUT2D eigenvalue weighted by molar-refractivity contribution is 9.09. The summed E-state index contributed by atoms with van der Waals surface area (Å²) in [5.41, 5.74) is -0.866. The van der Waals surface area contributed by atoms with Crippen LogP contribution in [-0.4, -0.2) is 21.2 Å². The zero-order valence-electron chi connectivity index (χ0n) is 12.9. The van der Waals surface area contributed by atoms with Crippen LogP contribution in [0.3, 0.4) is 0 Å². The number of halogens is 4. The van der Waals surface area contributed by atoms with Gasteiger partial charge in [-0.3, -0.25) is 4.79 Å². The summed E-state index contributed by atoms with van der Waals surface area (Å²) in [5, 5.41) is 0. The van der Waals surface area contributed by atoms with Gasteiger partial charge in [0.15, 0.2) is 3.79 Å². The van der Waals surface area contributed by atoms with Crippen LogP contribution in [0.25, 0.3) is 0 Å². The molecule has 1 atom stereocenters. The Bertz CT molecular complexity index is 360. The van der Waals surface area contributed by atoms with Gasteiger partial charge >= 0.3 is 5.97 Å². The largest absolute Gasteiger partial charge is 0.466 e. The first-order valence-electron chi connectivity index (χ1n) is 7.45. The van der Waals surface area contributed by atoms with Crippen molar-refractivity contribution in [2.24, 2.45) is 10.8 Å². The van der Waals surface area contributed by atoms with Crippen LogP contribution in [0.1, 0.15) is 59.3 Å². The normalized spacial score (nSPS) is 20.9. The van der Waals surface area contributed by atoms with Gasteiger partial charge in [-0.1, -0.05) is 83.8 Å². The third-order valence-corrected chi connectivity index (χ3v) is 6.73. The van der Waals surface area contributed by atoms with E-state index in [4.69, 9.17) is 39.5 Å². The maximum absolute atomic E-state index is 12.7. The number of hydrogen-bond donors (Lipinski definition) is 0. The summed E-state index contributed by atoms with van der Waals surface area (Å²) in [5.74, 6) is -0.108. The topological polar surface area (TPSA) is 26.3 Å². The fraction of sp³-hybridized carbons (Fsp3) is 0.933. The molecule has 0 aromatic rings. The lowest BCUT2D eigenvalue weighted by Gasteiger charge is -2.50. The molecule has 0 aliphatic heterocycles. The summed E-state index contributed by atoms with van der Waals surface area (Å²) in [6.07, 6.45) is 5.26. The molecule has 0 N–H and O–H groups in total. The smallest absolute Gasteiger partial charge is 0.312 e. The summed E-state index contributed by atoms with van der Waals surface area (Å²) in [6.45, 7) is 6.39. The van der Waals surface area contributed by atoms with Crippen molar-refractivity contribution in [3.05, 3.63) is 0 Å². The molecule has 1 aliphatic carbocycles. The van der Waals surface area contributed by atoms with Gasteiger partial charge in [0.05, 0.1) is 12.0 Å². The van der Waals surface area contributed by atoms with E-state index in [9.17, 15) is 4.79 Å². The van der Waals surface area contributed by atoms with Crippen molar-refractivity contribution in [3.63, 3.8) is 0 Å². The molecule has 0 radical (unpaired) electrons. The molecule has 21 heavy (non-hydrogen) atoms. The van der Waals surface area contributed by atoms with Gasteiger partial charge in [-0.2, -0.15) is 0 Å². The third kappa shape index (κ3) is 4.65. The molecule has 0 spiro atoms. The molecule has 0 aromatic heterocycles. The Kier molecular flexibility index (Phi) is 7.18. The molecule has 0 aromatic carbocycles. The maximum atomic E-state index is 12.7. The number of alkyl halides is 4. The molecule has 0 saturated heterocycles. The number of carbonyl (C=O) groups is 1. The van der Waals surface area contributed by atoms with Crippen LogP contribution in [-0.2, 0) is 9.53 Å². The molecule has 1 fully saturated rings. The Morgan fingerprint density at radius 3 is 2.19 bits per heavy atom. The Morgan fingerprint density at radius 2 is 1.76 bits per heavy atom. The molecular weight excluding hydrogens is 398 g/mol. The van der Waals surface area contributed by atoms with Gasteiger partial charge in [0.2, 0.25) is 0 Å². The van der Waals surface area contributed by atoms with Gasteiger partial charge in [0, 0.05) is 11.2 Å². The van der Waals surface area contributed by atoms with E-state index in [1.165, 1.54) is 0 Å². The second kappa shape index (κ2) is 7.59. The molecule has 0 amide bonds. The van der Waals surface area contributed by atoms with E-state index in [1.807, 2.05) is 6.92 Å². The fourth-order valence-corrected chi connectivity index (χ4v) is 5.24. The van der Waals surface area contributed by atoms with Crippen LogP contribution >= 0.6 is 50.7 Å². The number of carbonyl (C=O) groups excluding carboxylic acids is 1. The van der Waals surface area contributed by atoms with Crippen molar-refractivity contribution in [1.29, 1.82) is 0 Å². The van der Waals surface area contributed by atoms with Gasteiger partial charge < -0.3 is 4.74 Å². The lowest BCUT2D eigenvalue weighted by Crippen LogP contribution is -2.51. The van der Waals surface area contributed by atoms with E-state index < -0.39 is 9.21 Å². The second-order valence-electron chi connectivity index (χ2n) is 6.37. The number of hydrogen-bond acceptors (Lipinski definition) is 2. The summed E-state index contributed by atoms with van der Waals surface area (Å²) >= 11 is 21.5. The first-order valence-corrected chi connectivity index (χ1v) is 9.50. The van der Waals surface area contributed by atoms with Crippen LogP contribution in [0.15, 0.2) is 0 Å². The molecule has 0 bridgehead atoms. The van der Waals surface area contributed by atoms with Gasteiger partial charge in [0.1, 0.15) is 0 Å². The highest BCUT2D eigenvalue weighted by Gasteiger charge is 2.55. The zero-order valence-corrected chi connectivity index (χ0v) is 16.7. The van der Waals surface area contributed by atoms with Gasteiger partial charge in [-0.15, -0.1) is 0 Å². The molecule has 1 aliphatic rings. The van der Waals surface area contributed by atoms with Crippen molar-refractivity contribution < 1.29 is 9.53 Å². The first-order chi connectivity index (χ1) is 9.57. The average molecular weight is 423 g/mol. The summed E-state index contributed by atoms with van der Waals surface area (Å²) in [4.78, 5) is 12.6. The predicted molar refractivity (Wildman–Crippen MR) is 93.6 cm³/mol. The second-order valence-corrected chi connectivity index (χ2v) is 9.99. The lowest BCUT2D eigenvalue weighted by atomic mass is 9.57. The number of esters is 1. The van der Waals surface area contributed by atoms with E-state index in [0.717, 1.165) is 32.1 Å². The van der Waals surface area contributed by atoms with E-state index >= 15 is 0 Å². The van der Waals surface area contributed by atoms with Crippen LogP contribution in [0.2, 0.25) is 0 Å². The van der Waals surface area contributed by atoms with Gasteiger partial charge in [-0.25, -0.2) is 0 Å². The summed E-state index contributed by atoms with van der Waals surface area (Å²) in [6, 6.07) is 0. The number of ether oxygens (including phenoxy) is 1. The SMILES string of the molecule is CCOC(=O)C1(C(C)(C)C(Br)CC(Cl)(Cl)Cl)CCCCC1. The molecule has 2 nitrogen and oxygen atoms in total. The lowest BCUT2D eigenvalue weighted by molar-refractivity contribution is -0.167. The van der Waals surface area contributed by atoms with E-state index in [2.05, 4.69) is 29.8 Å². The van der Waals surface area contributed by atoms with Crippen molar-refractivity contribution in [1.82, 2.24) is 0 Å². The molecular formula is C15H24BrCl3O2. The van der Waals surface area contributed by atoms with Crippen molar-refractivity contribution >= 4 is 56.7 Å². The molecule has 0 heterocycles. The van der Waals surface area contributed by atoms with Crippen LogP contribution in [0, 0.1) is 10.8 Å². The quantitative estimate of drug-likeness (QED) is 0.398. The number of rotatable bonds is 5. The Hall–Kier alpha value is 0.820. The van der Waals surface area contributed by atoms with Crippen molar-refractivity contribution in [3.8, 4) is 0 Å². The minimum Gasteiger partial charge on any atom is -0.466 e. The fourth-order valence-electron chi connectivity index (χ4n) is 3.29. The van der Waals surface area contributed by atoms with E-state index in [-0.39, 0.29) is 16.2 Å². The van der Waals surface area contributed by atoms with Crippen LogP contribution in [0.5, 0.6) is 0 Å². The minimum absolute atomic E-state index is 0.0833. The first kappa shape index (κ1) is 19.9. The Morgan fingerprint density at radius 1 is 1.24 bits per heavy atom. The van der Waals surface area contributed by atoms with Gasteiger partial charge in [0.25, 0.3) is 0 Å². The Labute approximate surface area is 151 Å². The molecule has 124 valence electrons. The van der Waals surface area contributed by atoms with Gasteiger partial charge in [-0.05, 0) is 25.2 Å². The molecule has 1 saturated carbocycles. The highest BCUT2D eigenvalue weighted by Crippen LogP contribution is 2.56. The van der Waals surface area contributed by atoms with Crippen molar-refractivity contribution in [2.45, 2.75) is 67.9 Å². The molecule has 1 unspecified atom stereocenters. The monoisotopic (exact) mass is 420 g/mol. The average Bonchev–Trinajstić information content (AvgIpc) is 2.37. The highest BCUT2D eigenvalue weighted by atomic mass is 79.9. The summed E-state index contributed by atoms with van der Waals surface area (Å²) < 4.78 is 4.06. The standard InChI is InChI=1S/C15H24BrCl3O2/c1-4-21-12(20)14(8-6-5-7-9-14)13(2,3)11(16)10-15(17,18)19/h11H,4-10H2,1-3H3. The summed E-state index contributed by atoms with van der Waals surface area (Å²) in [7, 11) is 0. The molecule has 1 rings (SSSR count). The Balaban J connectivity index is 3.08. The van der Waals surface area contributed by atoms with Crippen LogP contribution < -0.4 is 0 Å². The van der Waals surface area contributed by atoms with Crippen LogP contribution in [0.4, 0.5) is 0 Å². The molecule has 6 heteroatoms. The maximum Gasteiger partial charge on any atom is 0.312 e. The van der Waals surface area contributed by atoms with E-state index in [0.29, 0.717) is 13.0 Å². The zero-order chi connectivity index (χ0) is 16.3.